The normalized spacial score (nSPS) is 17.5. The number of cyclic esters (lactones) is 1. The number of amides is 1. The van der Waals surface area contributed by atoms with Gasteiger partial charge in [0.2, 0.25) is 0 Å². The average Bonchev–Trinajstić information content (AvgIpc) is 3.20. The Bertz CT molecular complexity index is 1110. The van der Waals surface area contributed by atoms with Crippen LogP contribution in [0.4, 0.5) is 4.79 Å². The van der Waals surface area contributed by atoms with Gasteiger partial charge < -0.3 is 14.8 Å². The van der Waals surface area contributed by atoms with E-state index < -0.39 is 12.2 Å². The molecule has 0 aromatic heterocycles. The molecule has 1 N–H and O–H groups in total. The van der Waals surface area contributed by atoms with Crippen molar-refractivity contribution in [3.05, 3.63) is 95.1 Å². The molecule has 1 aliphatic rings. The average molecular weight is 416 g/mol. The lowest BCUT2D eigenvalue weighted by molar-refractivity contribution is 0.132. The number of hydrogen-bond acceptors (Lipinski definition) is 4. The van der Waals surface area contributed by atoms with Crippen LogP contribution in [0, 0.1) is 11.8 Å². The molecule has 1 aliphatic heterocycles. The van der Waals surface area contributed by atoms with Crippen molar-refractivity contribution >= 4 is 17.9 Å². The first-order valence-corrected chi connectivity index (χ1v) is 10.8. The minimum absolute atomic E-state index is 0.299. The molecule has 30 heavy (non-hydrogen) atoms. The third kappa shape index (κ3) is 4.45. The summed E-state index contributed by atoms with van der Waals surface area (Å²) >= 11 is 1.71. The van der Waals surface area contributed by atoms with Crippen LogP contribution in [0.25, 0.3) is 0 Å². The first kappa shape index (κ1) is 19.9. The Kier molecular flexibility index (Phi) is 5.97. The maximum Gasteiger partial charge on any atom is 0.408 e. The third-order valence-electron chi connectivity index (χ3n) is 4.92. The van der Waals surface area contributed by atoms with Crippen LogP contribution in [0.5, 0.6) is 5.75 Å². The number of nitrogens with one attached hydrogen (secondary N) is 1. The van der Waals surface area contributed by atoms with Crippen LogP contribution < -0.4 is 10.1 Å². The van der Waals surface area contributed by atoms with E-state index in [0.29, 0.717) is 0 Å². The van der Waals surface area contributed by atoms with Crippen LogP contribution in [0.2, 0.25) is 0 Å². The summed E-state index contributed by atoms with van der Waals surface area (Å²) in [6.07, 6.45) is 1.18. The Labute approximate surface area is 180 Å². The SMILES string of the molecule is COc1cccc([C@H]2OC(=O)N[C@@H]2c2cccc(C#Cc3ccc(SC)cc3)c2)c1. The third-order valence-corrected chi connectivity index (χ3v) is 5.66. The number of methoxy groups -OCH3 is 1. The van der Waals surface area contributed by atoms with E-state index in [0.717, 1.165) is 28.0 Å². The van der Waals surface area contributed by atoms with E-state index in [1.165, 1.54) is 4.90 Å². The van der Waals surface area contributed by atoms with Crippen molar-refractivity contribution in [2.24, 2.45) is 0 Å². The summed E-state index contributed by atoms with van der Waals surface area (Å²) in [6, 6.07) is 23.3. The molecule has 1 fully saturated rings. The van der Waals surface area contributed by atoms with Gasteiger partial charge in [0.15, 0.2) is 6.10 Å². The molecule has 3 aromatic rings. The Morgan fingerprint density at radius 2 is 1.67 bits per heavy atom. The van der Waals surface area contributed by atoms with Crippen molar-refractivity contribution in [1.29, 1.82) is 0 Å². The summed E-state index contributed by atoms with van der Waals surface area (Å²) < 4.78 is 10.9. The maximum absolute atomic E-state index is 12.0. The monoisotopic (exact) mass is 415 g/mol. The highest BCUT2D eigenvalue weighted by atomic mass is 32.2. The molecular weight excluding hydrogens is 394 g/mol. The summed E-state index contributed by atoms with van der Waals surface area (Å²) in [5.74, 6) is 7.14. The summed E-state index contributed by atoms with van der Waals surface area (Å²) in [4.78, 5) is 13.2. The van der Waals surface area contributed by atoms with E-state index in [9.17, 15) is 4.79 Å². The molecule has 150 valence electrons. The quantitative estimate of drug-likeness (QED) is 0.462. The van der Waals surface area contributed by atoms with Crippen molar-refractivity contribution in [1.82, 2.24) is 5.32 Å². The zero-order valence-electron chi connectivity index (χ0n) is 16.7. The largest absolute Gasteiger partial charge is 0.497 e. The number of benzene rings is 3. The number of hydrogen-bond donors (Lipinski definition) is 1. The zero-order chi connectivity index (χ0) is 20.9. The van der Waals surface area contributed by atoms with E-state index in [-0.39, 0.29) is 6.04 Å². The van der Waals surface area contributed by atoms with Gasteiger partial charge in [0.05, 0.1) is 13.2 Å². The van der Waals surface area contributed by atoms with Gasteiger partial charge in [-0.2, -0.15) is 0 Å². The minimum Gasteiger partial charge on any atom is -0.497 e. The van der Waals surface area contributed by atoms with Gasteiger partial charge >= 0.3 is 6.09 Å². The van der Waals surface area contributed by atoms with Crippen LogP contribution >= 0.6 is 11.8 Å². The predicted octanol–water partition coefficient (Wildman–Crippen LogP) is 5.34. The highest BCUT2D eigenvalue weighted by Crippen LogP contribution is 2.37. The van der Waals surface area contributed by atoms with Gasteiger partial charge in [-0.1, -0.05) is 36.1 Å². The number of ether oxygens (including phenoxy) is 2. The Balaban J connectivity index is 1.60. The number of carbonyl (C=O) groups is 1. The molecule has 0 radical (unpaired) electrons. The second-order valence-electron chi connectivity index (χ2n) is 6.83. The van der Waals surface area contributed by atoms with Crippen molar-refractivity contribution in [2.45, 2.75) is 17.0 Å². The number of thioether (sulfide) groups is 1. The molecule has 0 aliphatic carbocycles. The van der Waals surface area contributed by atoms with Gasteiger partial charge in [-0.05, 0) is 65.9 Å². The molecule has 5 heteroatoms. The molecule has 0 saturated carbocycles. The summed E-state index contributed by atoms with van der Waals surface area (Å²) in [6.45, 7) is 0. The lowest BCUT2D eigenvalue weighted by atomic mass is 9.95. The zero-order valence-corrected chi connectivity index (χ0v) is 17.5. The van der Waals surface area contributed by atoms with E-state index in [4.69, 9.17) is 9.47 Å². The van der Waals surface area contributed by atoms with Gasteiger partial charge in [0.25, 0.3) is 0 Å². The fourth-order valence-electron chi connectivity index (χ4n) is 3.39. The topological polar surface area (TPSA) is 47.6 Å². The first-order chi connectivity index (χ1) is 14.7. The molecule has 1 amide bonds. The van der Waals surface area contributed by atoms with E-state index in [2.05, 4.69) is 35.5 Å². The Morgan fingerprint density at radius 1 is 0.933 bits per heavy atom. The second-order valence-corrected chi connectivity index (χ2v) is 7.71. The van der Waals surface area contributed by atoms with Crippen molar-refractivity contribution in [2.75, 3.05) is 13.4 Å². The lowest BCUT2D eigenvalue weighted by Gasteiger charge is -2.18. The van der Waals surface area contributed by atoms with Gasteiger partial charge in [0.1, 0.15) is 5.75 Å². The van der Waals surface area contributed by atoms with Crippen LogP contribution in [-0.2, 0) is 4.74 Å². The molecule has 1 saturated heterocycles. The van der Waals surface area contributed by atoms with E-state index >= 15 is 0 Å². The highest BCUT2D eigenvalue weighted by Gasteiger charge is 2.36. The summed E-state index contributed by atoms with van der Waals surface area (Å²) in [5.41, 5.74) is 3.67. The number of alkyl carbamates (subject to hydrolysis) is 1. The predicted molar refractivity (Wildman–Crippen MR) is 119 cm³/mol. The second kappa shape index (κ2) is 8.98. The molecule has 0 spiro atoms. The Hall–Kier alpha value is -3.36. The fraction of sp³-hybridized carbons (Fsp3) is 0.160. The smallest absolute Gasteiger partial charge is 0.408 e. The standard InChI is InChI=1S/C25H21NO3S/c1-28-21-8-4-7-20(16-21)24-23(26-25(27)29-24)19-6-3-5-18(15-19)10-9-17-11-13-22(30-2)14-12-17/h3-8,11-16,23-24H,1-2H3,(H,26,27)/t23-,24-/m1/s1. The summed E-state index contributed by atoms with van der Waals surface area (Å²) in [7, 11) is 1.62. The van der Waals surface area contributed by atoms with Gasteiger partial charge in [-0.15, -0.1) is 11.8 Å². The number of rotatable bonds is 4. The molecule has 3 aromatic carbocycles. The minimum atomic E-state index is -0.435. The van der Waals surface area contributed by atoms with Crippen LogP contribution in [0.3, 0.4) is 0 Å². The molecule has 1 heterocycles. The van der Waals surface area contributed by atoms with E-state index in [1.54, 1.807) is 18.9 Å². The molecule has 0 unspecified atom stereocenters. The van der Waals surface area contributed by atoms with Gasteiger partial charge in [-0.25, -0.2) is 4.79 Å². The molecule has 2 atom stereocenters. The van der Waals surface area contributed by atoms with Crippen molar-refractivity contribution in [3.63, 3.8) is 0 Å². The van der Waals surface area contributed by atoms with Crippen LogP contribution in [0.1, 0.15) is 34.4 Å². The fourth-order valence-corrected chi connectivity index (χ4v) is 3.79. The molecular formula is C25H21NO3S. The number of carbonyl (C=O) groups excluding carboxylic acids is 1. The van der Waals surface area contributed by atoms with Gasteiger partial charge in [0, 0.05) is 16.0 Å². The lowest BCUT2D eigenvalue weighted by Crippen LogP contribution is -2.19. The van der Waals surface area contributed by atoms with Gasteiger partial charge in [-0.3, -0.25) is 0 Å². The van der Waals surface area contributed by atoms with Crippen molar-refractivity contribution in [3.8, 4) is 17.6 Å². The molecule has 4 nitrogen and oxygen atoms in total. The summed E-state index contributed by atoms with van der Waals surface area (Å²) in [5, 5.41) is 2.92. The Morgan fingerprint density at radius 3 is 2.43 bits per heavy atom. The first-order valence-electron chi connectivity index (χ1n) is 9.53. The molecule has 0 bridgehead atoms. The van der Waals surface area contributed by atoms with E-state index in [1.807, 2.05) is 60.7 Å². The highest BCUT2D eigenvalue weighted by molar-refractivity contribution is 7.98. The maximum atomic E-state index is 12.0. The van der Waals surface area contributed by atoms with Crippen LogP contribution in [-0.4, -0.2) is 19.5 Å². The van der Waals surface area contributed by atoms with Crippen LogP contribution in [0.15, 0.2) is 77.7 Å². The molecule has 4 rings (SSSR count). The van der Waals surface area contributed by atoms with Crippen molar-refractivity contribution < 1.29 is 14.3 Å².